The zero-order valence-corrected chi connectivity index (χ0v) is 17.3. The van der Waals surface area contributed by atoms with Crippen molar-refractivity contribution in [2.24, 2.45) is 0 Å². The zero-order chi connectivity index (χ0) is 20.1. The van der Waals surface area contributed by atoms with Gasteiger partial charge in [-0.1, -0.05) is 62.2 Å². The number of benzene rings is 2. The van der Waals surface area contributed by atoms with Gasteiger partial charge in [-0.25, -0.2) is 4.98 Å². The minimum Gasteiger partial charge on any atom is -0.380 e. The molecule has 0 bridgehead atoms. The standard InChI is InChI=1S/C25H29N3O/c1-3-4-8-13-26-25-24-21-12-11-19(17-29-2)15-22(21)28-23(24)16-20(27-25)14-18-9-6-5-7-10-18/h5-7,9-12,15-16,28H,3-4,8,13-14,17H2,1-2H3,(H,26,27). The van der Waals surface area contributed by atoms with Crippen LogP contribution in [0.2, 0.25) is 0 Å². The maximum Gasteiger partial charge on any atom is 0.136 e. The fourth-order valence-corrected chi connectivity index (χ4v) is 3.89. The van der Waals surface area contributed by atoms with Crippen LogP contribution in [0.25, 0.3) is 21.8 Å². The Morgan fingerprint density at radius 3 is 2.62 bits per heavy atom. The van der Waals surface area contributed by atoms with Crippen molar-refractivity contribution in [3.05, 3.63) is 71.4 Å². The summed E-state index contributed by atoms with van der Waals surface area (Å²) in [5.74, 6) is 0.982. The van der Waals surface area contributed by atoms with Crippen LogP contribution in [0.15, 0.2) is 54.6 Å². The molecule has 4 aromatic rings. The molecule has 4 heteroatoms. The van der Waals surface area contributed by atoms with Crippen molar-refractivity contribution in [2.45, 2.75) is 39.2 Å². The highest BCUT2D eigenvalue weighted by Gasteiger charge is 2.13. The van der Waals surface area contributed by atoms with Gasteiger partial charge in [0.15, 0.2) is 0 Å². The average Bonchev–Trinajstić information content (AvgIpc) is 3.10. The summed E-state index contributed by atoms with van der Waals surface area (Å²) in [4.78, 5) is 8.63. The summed E-state index contributed by atoms with van der Waals surface area (Å²) in [5, 5.41) is 5.99. The second kappa shape index (κ2) is 9.10. The van der Waals surface area contributed by atoms with E-state index in [-0.39, 0.29) is 0 Å². The fourth-order valence-electron chi connectivity index (χ4n) is 3.89. The fraction of sp³-hybridized carbons (Fsp3) is 0.320. The van der Waals surface area contributed by atoms with Crippen LogP contribution in [0, 0.1) is 0 Å². The summed E-state index contributed by atoms with van der Waals surface area (Å²) in [6.45, 7) is 3.79. The van der Waals surface area contributed by atoms with Crippen LogP contribution < -0.4 is 5.32 Å². The molecule has 4 nitrogen and oxygen atoms in total. The third-order valence-corrected chi connectivity index (χ3v) is 5.31. The molecule has 0 atom stereocenters. The van der Waals surface area contributed by atoms with Crippen LogP contribution >= 0.6 is 0 Å². The van der Waals surface area contributed by atoms with E-state index in [2.05, 4.69) is 71.8 Å². The molecule has 0 aliphatic heterocycles. The molecule has 0 saturated heterocycles. The molecule has 0 radical (unpaired) electrons. The van der Waals surface area contributed by atoms with Crippen molar-refractivity contribution in [3.8, 4) is 0 Å². The number of aromatic nitrogens is 2. The molecule has 2 N–H and O–H groups in total. The van der Waals surface area contributed by atoms with Gasteiger partial charge in [0.1, 0.15) is 5.82 Å². The Labute approximate surface area is 172 Å². The lowest BCUT2D eigenvalue weighted by atomic mass is 10.1. The van der Waals surface area contributed by atoms with E-state index >= 15 is 0 Å². The summed E-state index contributed by atoms with van der Waals surface area (Å²) < 4.78 is 5.30. The number of ether oxygens (including phenoxy) is 1. The molecule has 29 heavy (non-hydrogen) atoms. The summed E-state index contributed by atoms with van der Waals surface area (Å²) in [6.07, 6.45) is 4.43. The highest BCUT2D eigenvalue weighted by atomic mass is 16.5. The molecule has 0 amide bonds. The van der Waals surface area contributed by atoms with Gasteiger partial charge in [0.25, 0.3) is 0 Å². The van der Waals surface area contributed by atoms with Gasteiger partial charge in [-0.15, -0.1) is 0 Å². The van der Waals surface area contributed by atoms with Crippen LogP contribution in [0.3, 0.4) is 0 Å². The van der Waals surface area contributed by atoms with E-state index in [9.17, 15) is 0 Å². The van der Waals surface area contributed by atoms with Gasteiger partial charge in [-0.05, 0) is 29.7 Å². The Morgan fingerprint density at radius 1 is 0.966 bits per heavy atom. The van der Waals surface area contributed by atoms with Crippen LogP contribution in [-0.2, 0) is 17.8 Å². The lowest BCUT2D eigenvalue weighted by molar-refractivity contribution is 0.185. The summed E-state index contributed by atoms with van der Waals surface area (Å²) in [7, 11) is 1.73. The van der Waals surface area contributed by atoms with Gasteiger partial charge in [0, 0.05) is 42.1 Å². The minimum atomic E-state index is 0.616. The first-order valence-corrected chi connectivity index (χ1v) is 10.5. The van der Waals surface area contributed by atoms with Gasteiger partial charge in [0.2, 0.25) is 0 Å². The average molecular weight is 388 g/mol. The van der Waals surface area contributed by atoms with Gasteiger partial charge in [0.05, 0.1) is 12.1 Å². The molecule has 0 aliphatic carbocycles. The molecular formula is C25H29N3O. The Kier molecular flexibility index (Phi) is 6.11. The third-order valence-electron chi connectivity index (χ3n) is 5.31. The van der Waals surface area contributed by atoms with E-state index in [1.54, 1.807) is 7.11 Å². The number of methoxy groups -OCH3 is 1. The van der Waals surface area contributed by atoms with E-state index in [0.717, 1.165) is 41.9 Å². The third kappa shape index (κ3) is 4.43. The number of hydrogen-bond donors (Lipinski definition) is 2. The number of H-pyrrole nitrogens is 1. The lowest BCUT2D eigenvalue weighted by Gasteiger charge is -2.10. The van der Waals surface area contributed by atoms with Crippen molar-refractivity contribution < 1.29 is 4.74 Å². The lowest BCUT2D eigenvalue weighted by Crippen LogP contribution is -2.05. The largest absolute Gasteiger partial charge is 0.380 e. The summed E-state index contributed by atoms with van der Waals surface area (Å²) in [6, 6.07) is 19.2. The second-order valence-electron chi connectivity index (χ2n) is 7.62. The minimum absolute atomic E-state index is 0.616. The Balaban J connectivity index is 1.76. The van der Waals surface area contributed by atoms with E-state index in [1.807, 2.05) is 0 Å². The number of fused-ring (bicyclic) bond motifs is 3. The molecule has 2 aromatic heterocycles. The number of nitrogens with one attached hydrogen (secondary N) is 2. The Hall–Kier alpha value is -2.85. The van der Waals surface area contributed by atoms with E-state index < -0.39 is 0 Å². The van der Waals surface area contributed by atoms with Crippen LogP contribution in [-0.4, -0.2) is 23.6 Å². The monoisotopic (exact) mass is 387 g/mol. The topological polar surface area (TPSA) is 49.9 Å². The predicted molar refractivity (Wildman–Crippen MR) is 122 cm³/mol. The van der Waals surface area contributed by atoms with E-state index in [1.165, 1.54) is 34.7 Å². The van der Waals surface area contributed by atoms with E-state index in [0.29, 0.717) is 6.61 Å². The summed E-state index contributed by atoms with van der Waals surface area (Å²) >= 11 is 0. The smallest absolute Gasteiger partial charge is 0.136 e. The van der Waals surface area contributed by atoms with Crippen molar-refractivity contribution in [1.29, 1.82) is 0 Å². The highest BCUT2D eigenvalue weighted by molar-refractivity contribution is 6.12. The molecule has 150 valence electrons. The molecular weight excluding hydrogens is 358 g/mol. The number of aromatic amines is 1. The van der Waals surface area contributed by atoms with Crippen molar-refractivity contribution in [2.75, 3.05) is 19.0 Å². The van der Waals surface area contributed by atoms with Gasteiger partial charge in [-0.3, -0.25) is 0 Å². The molecule has 0 spiro atoms. The first-order valence-electron chi connectivity index (χ1n) is 10.5. The van der Waals surface area contributed by atoms with E-state index in [4.69, 9.17) is 9.72 Å². The molecule has 0 aliphatic rings. The zero-order valence-electron chi connectivity index (χ0n) is 17.3. The molecule has 2 heterocycles. The van der Waals surface area contributed by atoms with Crippen LogP contribution in [0.4, 0.5) is 5.82 Å². The SMILES string of the molecule is CCCCCNc1nc(Cc2ccccc2)cc2[nH]c3cc(COC)ccc3c12. The molecule has 0 unspecified atom stereocenters. The molecule has 0 fully saturated rings. The number of unbranched alkanes of at least 4 members (excludes halogenated alkanes) is 2. The van der Waals surface area contributed by atoms with Crippen molar-refractivity contribution in [1.82, 2.24) is 9.97 Å². The van der Waals surface area contributed by atoms with Crippen LogP contribution in [0.1, 0.15) is 43.0 Å². The van der Waals surface area contributed by atoms with Crippen molar-refractivity contribution in [3.63, 3.8) is 0 Å². The predicted octanol–water partition coefficient (Wildman–Crippen LogP) is 6.06. The number of anilines is 1. The van der Waals surface area contributed by atoms with Gasteiger partial charge in [-0.2, -0.15) is 0 Å². The maximum atomic E-state index is 5.30. The van der Waals surface area contributed by atoms with Crippen molar-refractivity contribution >= 4 is 27.6 Å². The number of pyridine rings is 1. The second-order valence-corrected chi connectivity index (χ2v) is 7.62. The highest BCUT2D eigenvalue weighted by Crippen LogP contribution is 2.32. The van der Waals surface area contributed by atoms with Gasteiger partial charge >= 0.3 is 0 Å². The van der Waals surface area contributed by atoms with Gasteiger partial charge < -0.3 is 15.0 Å². The normalized spacial score (nSPS) is 11.4. The van der Waals surface area contributed by atoms with Crippen LogP contribution in [0.5, 0.6) is 0 Å². The molecule has 0 saturated carbocycles. The first kappa shape index (κ1) is 19.5. The maximum absolute atomic E-state index is 5.30. The summed E-state index contributed by atoms with van der Waals surface area (Å²) in [5.41, 5.74) is 5.78. The quantitative estimate of drug-likeness (QED) is 0.343. The number of hydrogen-bond acceptors (Lipinski definition) is 3. The Morgan fingerprint density at radius 2 is 1.83 bits per heavy atom. The first-order chi connectivity index (χ1) is 14.3. The number of nitrogens with zero attached hydrogens (tertiary/aromatic N) is 1. The number of rotatable bonds is 9. The Bertz CT molecular complexity index is 1090. The molecule has 4 rings (SSSR count). The molecule has 2 aromatic carbocycles.